The fourth-order valence-corrected chi connectivity index (χ4v) is 1.53. The third-order valence-electron chi connectivity index (χ3n) is 2.63. The Bertz CT molecular complexity index is 641. The highest BCUT2D eigenvalue weighted by Gasteiger charge is 2.08. The van der Waals surface area contributed by atoms with Crippen molar-refractivity contribution in [2.75, 3.05) is 5.43 Å². The first kappa shape index (κ1) is 14.3. The molecule has 0 aliphatic heterocycles. The van der Waals surface area contributed by atoms with Crippen molar-refractivity contribution >= 4 is 17.4 Å². The van der Waals surface area contributed by atoms with Crippen LogP contribution in [0.1, 0.15) is 16.1 Å². The Kier molecular flexibility index (Phi) is 4.36. The van der Waals surface area contributed by atoms with Gasteiger partial charge in [0.2, 0.25) is 0 Å². The second-order valence-corrected chi connectivity index (χ2v) is 4.04. The van der Waals surface area contributed by atoms with E-state index in [4.69, 9.17) is 5.84 Å². The summed E-state index contributed by atoms with van der Waals surface area (Å²) in [4.78, 5) is 29.6. The van der Waals surface area contributed by atoms with Crippen molar-refractivity contribution in [2.24, 2.45) is 5.84 Å². The van der Waals surface area contributed by atoms with Crippen LogP contribution in [0.15, 0.2) is 36.7 Å². The first-order valence-corrected chi connectivity index (χ1v) is 5.90. The van der Waals surface area contributed by atoms with E-state index in [9.17, 15) is 14.9 Å². The smallest absolute Gasteiger partial charge is 0.271 e. The number of rotatable bonds is 5. The molecule has 0 saturated carbocycles. The Labute approximate surface area is 119 Å². The summed E-state index contributed by atoms with van der Waals surface area (Å²) in [7, 11) is 0. The van der Waals surface area contributed by atoms with Crippen molar-refractivity contribution in [1.29, 1.82) is 0 Å². The molecule has 1 amide bonds. The minimum Gasteiger partial charge on any atom is -0.347 e. The third-order valence-corrected chi connectivity index (χ3v) is 2.63. The highest BCUT2D eigenvalue weighted by atomic mass is 16.6. The van der Waals surface area contributed by atoms with Crippen LogP contribution in [0, 0.1) is 10.1 Å². The van der Waals surface area contributed by atoms with Gasteiger partial charge in [-0.05, 0) is 5.56 Å². The Morgan fingerprint density at radius 2 is 1.95 bits per heavy atom. The van der Waals surface area contributed by atoms with Crippen LogP contribution in [-0.2, 0) is 6.54 Å². The fourth-order valence-electron chi connectivity index (χ4n) is 1.53. The zero-order valence-electron chi connectivity index (χ0n) is 10.8. The topological polar surface area (TPSA) is 136 Å². The lowest BCUT2D eigenvalue weighted by Crippen LogP contribution is -2.24. The molecular weight excluding hydrogens is 276 g/mol. The van der Waals surface area contributed by atoms with Gasteiger partial charge in [-0.25, -0.2) is 15.8 Å². The van der Waals surface area contributed by atoms with Gasteiger partial charge in [0.1, 0.15) is 5.69 Å². The quantitative estimate of drug-likeness (QED) is 0.416. The largest absolute Gasteiger partial charge is 0.347 e. The van der Waals surface area contributed by atoms with Gasteiger partial charge in [0, 0.05) is 18.7 Å². The van der Waals surface area contributed by atoms with Crippen molar-refractivity contribution in [2.45, 2.75) is 6.54 Å². The summed E-state index contributed by atoms with van der Waals surface area (Å²) >= 11 is 0. The predicted molar refractivity (Wildman–Crippen MR) is 74.1 cm³/mol. The average Bonchev–Trinajstić information content (AvgIpc) is 2.53. The number of nitro groups is 1. The molecule has 0 aliphatic rings. The van der Waals surface area contributed by atoms with Crippen LogP contribution >= 0.6 is 0 Å². The SMILES string of the molecule is NNc1cnc(C(=O)NCc2ccc([N+](=O)[O-])cc2)cn1. The number of hydrogen-bond donors (Lipinski definition) is 3. The van der Waals surface area contributed by atoms with Crippen LogP contribution in [-0.4, -0.2) is 20.8 Å². The van der Waals surface area contributed by atoms with Gasteiger partial charge in [-0.1, -0.05) is 12.1 Å². The molecule has 9 nitrogen and oxygen atoms in total. The number of nitrogens with zero attached hydrogens (tertiary/aromatic N) is 3. The number of anilines is 1. The molecule has 0 spiro atoms. The Balaban J connectivity index is 1.95. The lowest BCUT2D eigenvalue weighted by molar-refractivity contribution is -0.384. The van der Waals surface area contributed by atoms with E-state index >= 15 is 0 Å². The monoisotopic (exact) mass is 288 g/mol. The van der Waals surface area contributed by atoms with Crippen LogP contribution in [0.25, 0.3) is 0 Å². The highest BCUT2D eigenvalue weighted by molar-refractivity contribution is 5.91. The Morgan fingerprint density at radius 3 is 2.48 bits per heavy atom. The number of nitro benzene ring substituents is 1. The summed E-state index contributed by atoms with van der Waals surface area (Å²) in [5.74, 6) is 5.09. The van der Waals surface area contributed by atoms with E-state index in [2.05, 4.69) is 20.7 Å². The number of amides is 1. The van der Waals surface area contributed by atoms with E-state index < -0.39 is 10.8 Å². The molecule has 0 saturated heterocycles. The lowest BCUT2D eigenvalue weighted by Gasteiger charge is -2.05. The van der Waals surface area contributed by atoms with Crippen molar-refractivity contribution in [3.8, 4) is 0 Å². The molecule has 21 heavy (non-hydrogen) atoms. The number of aromatic nitrogens is 2. The lowest BCUT2D eigenvalue weighted by atomic mass is 10.2. The standard InChI is InChI=1S/C12H12N6O3/c13-17-11-7-14-10(6-15-11)12(19)16-5-8-1-3-9(4-2-8)18(20)21/h1-4,6-7H,5,13H2,(H,15,17)(H,16,19). The second kappa shape index (κ2) is 6.39. The van der Waals surface area contributed by atoms with Gasteiger partial charge in [0.15, 0.2) is 5.82 Å². The number of hydrogen-bond acceptors (Lipinski definition) is 7. The summed E-state index contributed by atoms with van der Waals surface area (Å²) in [6.07, 6.45) is 2.63. The maximum Gasteiger partial charge on any atom is 0.271 e. The van der Waals surface area contributed by atoms with Gasteiger partial charge >= 0.3 is 0 Å². The van der Waals surface area contributed by atoms with Crippen molar-refractivity contribution < 1.29 is 9.72 Å². The van der Waals surface area contributed by atoms with Crippen LogP contribution < -0.4 is 16.6 Å². The van der Waals surface area contributed by atoms with Crippen LogP contribution in [0.4, 0.5) is 11.5 Å². The summed E-state index contributed by atoms with van der Waals surface area (Å²) < 4.78 is 0. The normalized spacial score (nSPS) is 9.95. The minimum absolute atomic E-state index is 0.000756. The number of nitrogen functional groups attached to an aromatic ring is 1. The highest BCUT2D eigenvalue weighted by Crippen LogP contribution is 2.11. The third kappa shape index (κ3) is 3.70. The molecule has 0 atom stereocenters. The molecule has 9 heteroatoms. The number of non-ortho nitro benzene ring substituents is 1. The summed E-state index contributed by atoms with van der Waals surface area (Å²) in [6.45, 7) is 0.232. The van der Waals surface area contributed by atoms with Crippen molar-refractivity contribution in [1.82, 2.24) is 15.3 Å². The predicted octanol–water partition coefficient (Wildman–Crippen LogP) is 0.600. The number of hydrazine groups is 1. The Hall–Kier alpha value is -3.07. The fraction of sp³-hybridized carbons (Fsp3) is 0.0833. The van der Waals surface area contributed by atoms with E-state index in [-0.39, 0.29) is 17.9 Å². The molecule has 108 valence electrons. The molecule has 1 aromatic carbocycles. The zero-order chi connectivity index (χ0) is 15.2. The molecule has 2 rings (SSSR count). The van der Waals surface area contributed by atoms with E-state index in [0.717, 1.165) is 5.56 Å². The van der Waals surface area contributed by atoms with Crippen LogP contribution in [0.3, 0.4) is 0 Å². The number of benzene rings is 1. The molecular formula is C12H12N6O3. The summed E-state index contributed by atoms with van der Waals surface area (Å²) in [5.41, 5.74) is 3.19. The van der Waals surface area contributed by atoms with Gasteiger partial charge in [0.05, 0.1) is 17.3 Å². The molecule has 1 aromatic heterocycles. The van der Waals surface area contributed by atoms with Gasteiger partial charge in [-0.15, -0.1) is 0 Å². The number of carbonyl (C=O) groups is 1. The van der Waals surface area contributed by atoms with Gasteiger partial charge in [0.25, 0.3) is 11.6 Å². The second-order valence-electron chi connectivity index (χ2n) is 4.04. The van der Waals surface area contributed by atoms with E-state index in [1.807, 2.05) is 0 Å². The molecule has 0 fully saturated rings. The van der Waals surface area contributed by atoms with Crippen LogP contribution in [0.5, 0.6) is 0 Å². The maximum atomic E-state index is 11.8. The molecule has 4 N–H and O–H groups in total. The first-order chi connectivity index (χ1) is 10.1. The van der Waals surface area contributed by atoms with E-state index in [0.29, 0.717) is 5.82 Å². The van der Waals surface area contributed by atoms with Gasteiger partial charge in [-0.3, -0.25) is 14.9 Å². The molecule has 0 unspecified atom stereocenters. The summed E-state index contributed by atoms with van der Waals surface area (Å²) in [5, 5.41) is 13.2. The van der Waals surface area contributed by atoms with Crippen LogP contribution in [0.2, 0.25) is 0 Å². The molecule has 0 bridgehead atoms. The minimum atomic E-state index is -0.481. The van der Waals surface area contributed by atoms with Gasteiger partial charge < -0.3 is 10.7 Å². The molecule has 0 aliphatic carbocycles. The average molecular weight is 288 g/mol. The number of nitrogens with one attached hydrogen (secondary N) is 2. The molecule has 1 heterocycles. The van der Waals surface area contributed by atoms with Crippen molar-refractivity contribution in [3.63, 3.8) is 0 Å². The van der Waals surface area contributed by atoms with Gasteiger partial charge in [-0.2, -0.15) is 0 Å². The van der Waals surface area contributed by atoms with E-state index in [1.165, 1.54) is 24.5 Å². The molecule has 0 radical (unpaired) electrons. The Morgan fingerprint density at radius 1 is 1.24 bits per heavy atom. The number of carbonyl (C=O) groups excluding carboxylic acids is 1. The zero-order valence-corrected chi connectivity index (χ0v) is 10.8. The first-order valence-electron chi connectivity index (χ1n) is 5.90. The molecule has 2 aromatic rings. The number of nitrogens with two attached hydrogens (primary N) is 1. The maximum absolute atomic E-state index is 11.8. The summed E-state index contributed by atoms with van der Waals surface area (Å²) in [6, 6.07) is 5.91. The van der Waals surface area contributed by atoms with E-state index in [1.54, 1.807) is 12.1 Å². The van der Waals surface area contributed by atoms with Crippen molar-refractivity contribution in [3.05, 3.63) is 58.0 Å².